The number of hydrogen-bond donors (Lipinski definition) is 2. The van der Waals surface area contributed by atoms with Gasteiger partial charge in [0.15, 0.2) is 6.10 Å². The summed E-state index contributed by atoms with van der Waals surface area (Å²) >= 11 is 5.76. The minimum Gasteiger partial charge on any atom is -0.495 e. The molecule has 2 aromatic carbocycles. The van der Waals surface area contributed by atoms with Crippen molar-refractivity contribution in [1.29, 1.82) is 0 Å². The number of esters is 1. The first-order chi connectivity index (χ1) is 14.7. The SMILES string of the molecule is COc1ccc([N+](=O)[O-])cc1NC(=O)C(C)OC(=O)CCNC(=O)c1ccc(Cl)cc1. The van der Waals surface area contributed by atoms with E-state index in [1.807, 2.05) is 0 Å². The smallest absolute Gasteiger partial charge is 0.308 e. The second-order valence-corrected chi connectivity index (χ2v) is 6.71. The number of carbonyl (C=O) groups excluding carboxylic acids is 3. The fraction of sp³-hybridized carbons (Fsp3) is 0.250. The number of nitrogens with one attached hydrogen (secondary N) is 2. The van der Waals surface area contributed by atoms with Gasteiger partial charge in [0.1, 0.15) is 5.75 Å². The molecule has 11 heteroatoms. The van der Waals surface area contributed by atoms with Crippen LogP contribution in [0, 0.1) is 10.1 Å². The van der Waals surface area contributed by atoms with Crippen LogP contribution >= 0.6 is 11.6 Å². The first-order valence-corrected chi connectivity index (χ1v) is 9.45. The maximum atomic E-state index is 12.3. The van der Waals surface area contributed by atoms with Gasteiger partial charge in [-0.3, -0.25) is 24.5 Å². The van der Waals surface area contributed by atoms with Gasteiger partial charge in [0.25, 0.3) is 17.5 Å². The maximum Gasteiger partial charge on any atom is 0.308 e. The highest BCUT2D eigenvalue weighted by molar-refractivity contribution is 6.30. The highest BCUT2D eigenvalue weighted by Crippen LogP contribution is 2.29. The van der Waals surface area contributed by atoms with Crippen LogP contribution in [0.5, 0.6) is 5.75 Å². The minimum absolute atomic E-state index is 0.00728. The molecule has 1 atom stereocenters. The molecule has 0 aliphatic heterocycles. The van der Waals surface area contributed by atoms with E-state index in [0.717, 1.165) is 6.07 Å². The van der Waals surface area contributed by atoms with Gasteiger partial charge in [0.05, 0.1) is 24.1 Å². The van der Waals surface area contributed by atoms with Crippen LogP contribution in [0.25, 0.3) is 0 Å². The molecule has 31 heavy (non-hydrogen) atoms. The summed E-state index contributed by atoms with van der Waals surface area (Å²) in [5.41, 5.74) is 0.216. The summed E-state index contributed by atoms with van der Waals surface area (Å²) < 4.78 is 10.1. The average molecular weight is 450 g/mol. The number of methoxy groups -OCH3 is 1. The predicted molar refractivity (Wildman–Crippen MR) is 112 cm³/mol. The molecular weight excluding hydrogens is 430 g/mol. The zero-order chi connectivity index (χ0) is 23.0. The van der Waals surface area contributed by atoms with E-state index in [9.17, 15) is 24.5 Å². The molecule has 2 rings (SSSR count). The van der Waals surface area contributed by atoms with Gasteiger partial charge in [-0.05, 0) is 37.3 Å². The van der Waals surface area contributed by atoms with E-state index in [4.69, 9.17) is 21.1 Å². The average Bonchev–Trinajstić information content (AvgIpc) is 2.73. The Morgan fingerprint density at radius 3 is 2.45 bits per heavy atom. The van der Waals surface area contributed by atoms with Gasteiger partial charge in [-0.2, -0.15) is 0 Å². The van der Waals surface area contributed by atoms with Gasteiger partial charge >= 0.3 is 5.97 Å². The molecule has 0 heterocycles. The predicted octanol–water partition coefficient (Wildman–Crippen LogP) is 2.95. The molecule has 0 bridgehead atoms. The number of halogens is 1. The van der Waals surface area contributed by atoms with Crippen molar-refractivity contribution in [1.82, 2.24) is 5.32 Å². The van der Waals surface area contributed by atoms with Gasteiger partial charge in [0, 0.05) is 29.3 Å². The van der Waals surface area contributed by atoms with Crippen LogP contribution in [0.4, 0.5) is 11.4 Å². The van der Waals surface area contributed by atoms with E-state index < -0.39 is 22.9 Å². The van der Waals surface area contributed by atoms with Crippen molar-refractivity contribution in [2.45, 2.75) is 19.4 Å². The zero-order valence-corrected chi connectivity index (χ0v) is 17.5. The third kappa shape index (κ3) is 6.96. The monoisotopic (exact) mass is 449 g/mol. The molecule has 0 aliphatic rings. The number of non-ortho nitro benzene ring substituents is 1. The number of benzene rings is 2. The number of ether oxygens (including phenoxy) is 2. The minimum atomic E-state index is -1.18. The van der Waals surface area contributed by atoms with E-state index in [-0.39, 0.29) is 36.0 Å². The van der Waals surface area contributed by atoms with Crippen molar-refractivity contribution in [3.63, 3.8) is 0 Å². The van der Waals surface area contributed by atoms with Crippen LogP contribution < -0.4 is 15.4 Å². The summed E-state index contributed by atoms with van der Waals surface area (Å²) in [6, 6.07) is 9.94. The van der Waals surface area contributed by atoms with E-state index in [2.05, 4.69) is 10.6 Å². The lowest BCUT2D eigenvalue weighted by atomic mass is 10.2. The largest absolute Gasteiger partial charge is 0.495 e. The molecule has 0 spiro atoms. The number of nitro benzene ring substituents is 1. The molecule has 0 fully saturated rings. The molecule has 0 radical (unpaired) electrons. The molecule has 2 aromatic rings. The van der Waals surface area contributed by atoms with E-state index >= 15 is 0 Å². The van der Waals surface area contributed by atoms with Crippen LogP contribution in [-0.4, -0.2) is 42.5 Å². The van der Waals surface area contributed by atoms with Gasteiger partial charge < -0.3 is 20.1 Å². The quantitative estimate of drug-likeness (QED) is 0.341. The Kier molecular flexibility index (Phi) is 8.33. The molecule has 0 aliphatic carbocycles. The van der Waals surface area contributed by atoms with E-state index in [1.165, 1.54) is 26.2 Å². The molecule has 1 unspecified atom stereocenters. The summed E-state index contributed by atoms with van der Waals surface area (Å²) in [6.45, 7) is 1.36. The van der Waals surface area contributed by atoms with Crippen molar-refractivity contribution in [2.24, 2.45) is 0 Å². The Bertz CT molecular complexity index is 979. The van der Waals surface area contributed by atoms with Crippen LogP contribution in [-0.2, 0) is 14.3 Å². The molecule has 2 N–H and O–H groups in total. The van der Waals surface area contributed by atoms with Crippen molar-refractivity contribution < 1.29 is 28.8 Å². The van der Waals surface area contributed by atoms with Gasteiger partial charge in [-0.15, -0.1) is 0 Å². The van der Waals surface area contributed by atoms with E-state index in [0.29, 0.717) is 10.6 Å². The molecule has 0 saturated heterocycles. The second-order valence-electron chi connectivity index (χ2n) is 6.28. The topological polar surface area (TPSA) is 137 Å². The van der Waals surface area contributed by atoms with Crippen molar-refractivity contribution in [3.8, 4) is 5.75 Å². The third-order valence-electron chi connectivity index (χ3n) is 4.05. The summed E-state index contributed by atoms with van der Waals surface area (Å²) in [4.78, 5) is 46.5. The number of hydrogen-bond acceptors (Lipinski definition) is 7. The fourth-order valence-corrected chi connectivity index (χ4v) is 2.56. The Labute approximate surface area is 182 Å². The lowest BCUT2D eigenvalue weighted by molar-refractivity contribution is -0.384. The summed E-state index contributed by atoms with van der Waals surface area (Å²) in [5, 5.41) is 16.4. The van der Waals surface area contributed by atoms with Crippen LogP contribution in [0.3, 0.4) is 0 Å². The highest BCUT2D eigenvalue weighted by atomic mass is 35.5. The van der Waals surface area contributed by atoms with Crippen molar-refractivity contribution in [2.75, 3.05) is 19.0 Å². The van der Waals surface area contributed by atoms with Gasteiger partial charge in [-0.25, -0.2) is 0 Å². The number of rotatable bonds is 9. The lowest BCUT2D eigenvalue weighted by Gasteiger charge is -2.15. The number of anilines is 1. The lowest BCUT2D eigenvalue weighted by Crippen LogP contribution is -2.32. The van der Waals surface area contributed by atoms with Crippen LogP contribution in [0.2, 0.25) is 5.02 Å². The fourth-order valence-electron chi connectivity index (χ4n) is 2.43. The summed E-state index contributed by atoms with van der Waals surface area (Å²) in [6.07, 6.45) is -1.33. The van der Waals surface area contributed by atoms with Crippen molar-refractivity contribution in [3.05, 3.63) is 63.2 Å². The maximum absolute atomic E-state index is 12.3. The van der Waals surface area contributed by atoms with Gasteiger partial charge in [0.2, 0.25) is 0 Å². The van der Waals surface area contributed by atoms with Crippen LogP contribution in [0.1, 0.15) is 23.7 Å². The van der Waals surface area contributed by atoms with Crippen LogP contribution in [0.15, 0.2) is 42.5 Å². The third-order valence-corrected chi connectivity index (χ3v) is 4.30. The molecular formula is C20H20ClN3O7. The van der Waals surface area contributed by atoms with Gasteiger partial charge in [-0.1, -0.05) is 11.6 Å². The standard InChI is InChI=1S/C20H20ClN3O7/c1-12(19(26)23-16-11-15(24(28)29)7-8-17(16)30-2)31-18(25)9-10-22-20(27)13-3-5-14(21)6-4-13/h3-8,11-12H,9-10H2,1-2H3,(H,22,27)(H,23,26). The molecule has 2 amide bonds. The molecule has 0 saturated carbocycles. The number of nitrogens with zero attached hydrogens (tertiary/aromatic N) is 1. The zero-order valence-electron chi connectivity index (χ0n) is 16.7. The number of nitro groups is 1. The Balaban J connectivity index is 1.85. The molecule has 164 valence electrons. The second kappa shape index (κ2) is 10.9. The normalized spacial score (nSPS) is 11.2. The summed E-state index contributed by atoms with van der Waals surface area (Å²) in [5.74, 6) is -1.57. The first kappa shape index (κ1) is 23.6. The highest BCUT2D eigenvalue weighted by Gasteiger charge is 2.21. The molecule has 10 nitrogen and oxygen atoms in total. The Morgan fingerprint density at radius 1 is 1.16 bits per heavy atom. The van der Waals surface area contributed by atoms with E-state index in [1.54, 1.807) is 24.3 Å². The number of amides is 2. The Morgan fingerprint density at radius 2 is 1.84 bits per heavy atom. The number of carbonyl (C=O) groups is 3. The summed E-state index contributed by atoms with van der Waals surface area (Å²) in [7, 11) is 1.35. The Hall–Kier alpha value is -3.66. The van der Waals surface area contributed by atoms with Crippen molar-refractivity contribution >= 4 is 40.8 Å². The first-order valence-electron chi connectivity index (χ1n) is 9.07. The molecule has 0 aromatic heterocycles.